The van der Waals surface area contributed by atoms with Crippen molar-refractivity contribution in [1.82, 2.24) is 4.90 Å². The molecule has 0 spiro atoms. The summed E-state index contributed by atoms with van der Waals surface area (Å²) in [5.74, 6) is 0.915. The molecular weight excluding hydrogens is 296 g/mol. The molecule has 7 nitrogen and oxygen atoms in total. The number of fused-ring (bicyclic) bond motifs is 1. The van der Waals surface area contributed by atoms with Gasteiger partial charge in [-0.05, 0) is 17.7 Å². The van der Waals surface area contributed by atoms with Gasteiger partial charge in [0, 0.05) is 25.4 Å². The van der Waals surface area contributed by atoms with Gasteiger partial charge in [0.15, 0.2) is 11.5 Å². The second kappa shape index (κ2) is 5.19. The molecule has 0 saturated carbocycles. The number of sulfonamides is 1. The van der Waals surface area contributed by atoms with Gasteiger partial charge in [-0.15, -0.1) is 0 Å². The highest BCUT2D eigenvalue weighted by Crippen LogP contribution is 2.33. The van der Waals surface area contributed by atoms with Crippen LogP contribution in [0.1, 0.15) is 12.0 Å². The molecule has 2 heterocycles. The molecule has 114 valence electrons. The second-order valence-corrected chi connectivity index (χ2v) is 7.02. The van der Waals surface area contributed by atoms with Crippen molar-refractivity contribution in [1.29, 1.82) is 0 Å². The number of hydrogen-bond donors (Lipinski definition) is 1. The molecule has 1 aromatic rings. The Balaban J connectivity index is 1.67. The van der Waals surface area contributed by atoms with Crippen LogP contribution in [-0.4, -0.2) is 38.3 Å². The molecule has 1 unspecified atom stereocenters. The Kier molecular flexibility index (Phi) is 3.50. The molecule has 8 heteroatoms. The average molecular weight is 312 g/mol. The summed E-state index contributed by atoms with van der Waals surface area (Å²) in [6, 6.07) is 5.51. The fourth-order valence-electron chi connectivity index (χ4n) is 2.71. The molecule has 1 atom stereocenters. The highest BCUT2D eigenvalue weighted by atomic mass is 32.2. The first-order valence-corrected chi connectivity index (χ1v) is 8.29. The summed E-state index contributed by atoms with van der Waals surface area (Å²) in [6.45, 7) is 1.04. The van der Waals surface area contributed by atoms with Gasteiger partial charge in [-0.25, -0.2) is 13.6 Å². The number of rotatable bonds is 4. The summed E-state index contributed by atoms with van der Waals surface area (Å²) in [7, 11) is -3.55. The largest absolute Gasteiger partial charge is 0.454 e. The van der Waals surface area contributed by atoms with E-state index in [9.17, 15) is 13.2 Å². The highest BCUT2D eigenvalue weighted by molar-refractivity contribution is 7.89. The fourth-order valence-corrected chi connectivity index (χ4v) is 3.59. The normalized spacial score (nSPS) is 21.1. The molecule has 1 amide bonds. The van der Waals surface area contributed by atoms with Crippen molar-refractivity contribution in [2.75, 3.05) is 19.1 Å². The van der Waals surface area contributed by atoms with E-state index in [0.29, 0.717) is 24.6 Å². The first-order chi connectivity index (χ1) is 9.90. The molecule has 2 aliphatic rings. The SMILES string of the molecule is NS(=O)(=O)CC1CC(=O)N(Cc2ccc3c(c2)OCO3)C1. The van der Waals surface area contributed by atoms with Crippen LogP contribution in [0, 0.1) is 5.92 Å². The van der Waals surface area contributed by atoms with Crippen molar-refractivity contribution < 1.29 is 22.7 Å². The Morgan fingerprint density at radius 2 is 2.05 bits per heavy atom. The van der Waals surface area contributed by atoms with Gasteiger partial charge in [0.2, 0.25) is 22.7 Å². The molecule has 1 aromatic carbocycles. The minimum absolute atomic E-state index is 0.0543. The molecule has 2 aliphatic heterocycles. The number of likely N-dealkylation sites (tertiary alicyclic amines) is 1. The topological polar surface area (TPSA) is 98.9 Å². The Bertz CT molecular complexity index is 673. The van der Waals surface area contributed by atoms with Crippen LogP contribution in [0.2, 0.25) is 0 Å². The van der Waals surface area contributed by atoms with Gasteiger partial charge in [0.25, 0.3) is 0 Å². The van der Waals surface area contributed by atoms with E-state index in [1.165, 1.54) is 0 Å². The van der Waals surface area contributed by atoms with Crippen LogP contribution >= 0.6 is 0 Å². The number of carbonyl (C=O) groups is 1. The molecule has 1 saturated heterocycles. The third kappa shape index (κ3) is 3.27. The van der Waals surface area contributed by atoms with Crippen molar-refractivity contribution in [3.8, 4) is 11.5 Å². The van der Waals surface area contributed by atoms with Crippen molar-refractivity contribution in [3.05, 3.63) is 23.8 Å². The lowest BCUT2D eigenvalue weighted by Gasteiger charge is -2.16. The van der Waals surface area contributed by atoms with E-state index in [-0.39, 0.29) is 30.8 Å². The maximum atomic E-state index is 11.9. The summed E-state index contributed by atoms with van der Waals surface area (Å²) < 4.78 is 32.7. The van der Waals surface area contributed by atoms with Crippen LogP contribution in [-0.2, 0) is 21.4 Å². The van der Waals surface area contributed by atoms with E-state index in [0.717, 1.165) is 5.56 Å². The number of nitrogens with two attached hydrogens (primary N) is 1. The number of nitrogens with zero attached hydrogens (tertiary/aromatic N) is 1. The van der Waals surface area contributed by atoms with Crippen LogP contribution in [0.15, 0.2) is 18.2 Å². The number of carbonyl (C=O) groups excluding carboxylic acids is 1. The van der Waals surface area contributed by atoms with E-state index in [1.807, 2.05) is 12.1 Å². The average Bonchev–Trinajstić information content (AvgIpc) is 2.94. The first-order valence-electron chi connectivity index (χ1n) is 6.57. The zero-order valence-corrected chi connectivity index (χ0v) is 12.1. The lowest BCUT2D eigenvalue weighted by molar-refractivity contribution is -0.128. The maximum absolute atomic E-state index is 11.9. The van der Waals surface area contributed by atoms with Gasteiger partial charge < -0.3 is 14.4 Å². The van der Waals surface area contributed by atoms with Crippen LogP contribution < -0.4 is 14.6 Å². The van der Waals surface area contributed by atoms with Gasteiger partial charge in [-0.2, -0.15) is 0 Å². The lowest BCUT2D eigenvalue weighted by Crippen LogP contribution is -2.27. The molecule has 1 fully saturated rings. The van der Waals surface area contributed by atoms with E-state index in [1.54, 1.807) is 11.0 Å². The quantitative estimate of drug-likeness (QED) is 0.847. The first kappa shape index (κ1) is 14.2. The van der Waals surface area contributed by atoms with Gasteiger partial charge in [-0.1, -0.05) is 6.07 Å². The fraction of sp³-hybridized carbons (Fsp3) is 0.462. The Hall–Kier alpha value is -1.80. The number of hydrogen-bond acceptors (Lipinski definition) is 5. The standard InChI is InChI=1S/C13H16N2O5S/c14-21(17,18)7-10-4-13(16)15(6-10)5-9-1-2-11-12(3-9)20-8-19-11/h1-3,10H,4-8H2,(H2,14,17,18). The van der Waals surface area contributed by atoms with Gasteiger partial charge in [0.05, 0.1) is 5.75 Å². The number of amides is 1. The minimum atomic E-state index is -3.55. The van der Waals surface area contributed by atoms with Crippen molar-refractivity contribution in [2.45, 2.75) is 13.0 Å². The summed E-state index contributed by atoms with van der Waals surface area (Å²) in [5, 5.41) is 5.03. The summed E-state index contributed by atoms with van der Waals surface area (Å²) in [6.07, 6.45) is 0.223. The molecule has 3 rings (SSSR count). The zero-order chi connectivity index (χ0) is 15.0. The summed E-state index contributed by atoms with van der Waals surface area (Å²) in [4.78, 5) is 13.6. The Morgan fingerprint density at radius 3 is 2.81 bits per heavy atom. The van der Waals surface area contributed by atoms with Crippen molar-refractivity contribution in [2.24, 2.45) is 11.1 Å². The van der Waals surface area contributed by atoms with Crippen LogP contribution in [0.3, 0.4) is 0 Å². The zero-order valence-electron chi connectivity index (χ0n) is 11.3. The van der Waals surface area contributed by atoms with Crippen LogP contribution in [0.4, 0.5) is 0 Å². The molecule has 2 N–H and O–H groups in total. The number of primary sulfonamides is 1. The van der Waals surface area contributed by atoms with Gasteiger partial charge in [-0.3, -0.25) is 4.79 Å². The predicted molar refractivity (Wildman–Crippen MR) is 74.1 cm³/mol. The minimum Gasteiger partial charge on any atom is -0.454 e. The lowest BCUT2D eigenvalue weighted by atomic mass is 10.1. The second-order valence-electron chi connectivity index (χ2n) is 5.36. The monoisotopic (exact) mass is 312 g/mol. The van der Waals surface area contributed by atoms with E-state index in [4.69, 9.17) is 14.6 Å². The van der Waals surface area contributed by atoms with Crippen LogP contribution in [0.5, 0.6) is 11.5 Å². The van der Waals surface area contributed by atoms with E-state index in [2.05, 4.69) is 0 Å². The van der Waals surface area contributed by atoms with E-state index < -0.39 is 10.0 Å². The number of ether oxygens (including phenoxy) is 2. The van der Waals surface area contributed by atoms with Gasteiger partial charge >= 0.3 is 0 Å². The van der Waals surface area contributed by atoms with E-state index >= 15 is 0 Å². The molecule has 0 aliphatic carbocycles. The smallest absolute Gasteiger partial charge is 0.231 e. The molecule has 0 aromatic heterocycles. The molecular formula is C13H16N2O5S. The molecule has 0 bridgehead atoms. The number of benzene rings is 1. The predicted octanol–water partition coefficient (Wildman–Crippen LogP) is 0.0523. The summed E-state index contributed by atoms with van der Waals surface area (Å²) >= 11 is 0. The summed E-state index contributed by atoms with van der Waals surface area (Å²) in [5.41, 5.74) is 0.920. The molecule has 21 heavy (non-hydrogen) atoms. The van der Waals surface area contributed by atoms with Gasteiger partial charge in [0.1, 0.15) is 0 Å². The Labute approximate surface area is 122 Å². The Morgan fingerprint density at radius 1 is 1.29 bits per heavy atom. The third-order valence-corrected chi connectivity index (χ3v) is 4.51. The third-order valence-electron chi connectivity index (χ3n) is 3.57. The highest BCUT2D eigenvalue weighted by Gasteiger charge is 2.32. The van der Waals surface area contributed by atoms with Crippen molar-refractivity contribution >= 4 is 15.9 Å². The molecule has 0 radical (unpaired) electrons. The maximum Gasteiger partial charge on any atom is 0.231 e. The van der Waals surface area contributed by atoms with Crippen molar-refractivity contribution in [3.63, 3.8) is 0 Å². The van der Waals surface area contributed by atoms with Crippen LogP contribution in [0.25, 0.3) is 0 Å².